The number of aromatic hydroxyl groups is 1. The van der Waals surface area contributed by atoms with Gasteiger partial charge in [-0.2, -0.15) is 5.10 Å². The summed E-state index contributed by atoms with van der Waals surface area (Å²) in [6, 6.07) is 5.42. The highest BCUT2D eigenvalue weighted by atomic mass is 32.1. The molecule has 1 heterocycles. The van der Waals surface area contributed by atoms with Crippen molar-refractivity contribution in [2.45, 2.75) is 33.2 Å². The number of hydrogen-bond donors (Lipinski definition) is 2. The van der Waals surface area contributed by atoms with Gasteiger partial charge in [-0.05, 0) is 63.7 Å². The second-order valence-corrected chi connectivity index (χ2v) is 5.75. The molecule has 1 aromatic heterocycles. The number of aryl methyl sites for hydroxylation is 1. The Bertz CT molecular complexity index is 634. The van der Waals surface area contributed by atoms with Crippen LogP contribution < -0.4 is 0 Å². The molecular formula is C13H17N3OS. The van der Waals surface area contributed by atoms with Crippen molar-refractivity contribution in [3.8, 4) is 17.1 Å². The van der Waals surface area contributed by atoms with E-state index in [-0.39, 0.29) is 11.3 Å². The zero-order valence-corrected chi connectivity index (χ0v) is 11.8. The minimum Gasteiger partial charge on any atom is -0.508 e. The SMILES string of the molecule is Cc1cc(-c2n[nH]c(=S)n2C(C)(C)C)ccc1O. The molecule has 0 atom stereocenters. The lowest BCUT2D eigenvalue weighted by molar-refractivity contribution is 0.395. The van der Waals surface area contributed by atoms with Gasteiger partial charge in [0, 0.05) is 11.1 Å². The molecule has 0 aliphatic carbocycles. The van der Waals surface area contributed by atoms with Crippen molar-refractivity contribution >= 4 is 12.2 Å². The number of rotatable bonds is 1. The summed E-state index contributed by atoms with van der Waals surface area (Å²) >= 11 is 5.28. The van der Waals surface area contributed by atoms with Gasteiger partial charge in [0.25, 0.3) is 0 Å². The molecule has 0 bridgehead atoms. The predicted octanol–water partition coefficient (Wildman–Crippen LogP) is 3.38. The maximum Gasteiger partial charge on any atom is 0.195 e. The number of phenolic OH excluding ortho intramolecular Hbond substituents is 1. The van der Waals surface area contributed by atoms with Gasteiger partial charge >= 0.3 is 0 Å². The summed E-state index contributed by atoms with van der Waals surface area (Å²) in [5.74, 6) is 1.07. The Labute approximate surface area is 111 Å². The van der Waals surface area contributed by atoms with Crippen molar-refractivity contribution in [3.63, 3.8) is 0 Å². The summed E-state index contributed by atoms with van der Waals surface area (Å²) < 4.78 is 2.58. The average molecular weight is 263 g/mol. The van der Waals surface area contributed by atoms with E-state index in [4.69, 9.17) is 12.2 Å². The first-order valence-corrected chi connectivity index (χ1v) is 6.19. The van der Waals surface area contributed by atoms with Crippen LogP contribution in [0.3, 0.4) is 0 Å². The molecule has 0 saturated carbocycles. The van der Waals surface area contributed by atoms with Gasteiger partial charge in [0.1, 0.15) is 5.75 Å². The Morgan fingerprint density at radius 1 is 1.33 bits per heavy atom. The fraction of sp³-hybridized carbons (Fsp3) is 0.385. The van der Waals surface area contributed by atoms with Crippen molar-refractivity contribution in [3.05, 3.63) is 28.5 Å². The topological polar surface area (TPSA) is 53.8 Å². The van der Waals surface area contributed by atoms with E-state index < -0.39 is 0 Å². The molecule has 0 saturated heterocycles. The standard InChI is InChI=1S/C13H17N3OS/c1-8-7-9(5-6-10(8)17)11-14-15-12(18)16(11)13(2,3)4/h5-7,17H,1-4H3,(H,15,18). The first-order chi connectivity index (χ1) is 8.30. The number of aromatic nitrogens is 3. The maximum atomic E-state index is 9.57. The van der Waals surface area contributed by atoms with Crippen LogP contribution in [-0.2, 0) is 5.54 Å². The zero-order valence-electron chi connectivity index (χ0n) is 11.0. The number of H-pyrrole nitrogens is 1. The summed E-state index contributed by atoms with van der Waals surface area (Å²) in [6.07, 6.45) is 0. The van der Waals surface area contributed by atoms with Crippen molar-refractivity contribution in [1.29, 1.82) is 0 Å². The Morgan fingerprint density at radius 2 is 2.00 bits per heavy atom. The Morgan fingerprint density at radius 3 is 2.56 bits per heavy atom. The smallest absolute Gasteiger partial charge is 0.195 e. The molecule has 0 unspecified atom stereocenters. The first-order valence-electron chi connectivity index (χ1n) is 5.78. The molecule has 96 valence electrons. The first kappa shape index (κ1) is 12.8. The van der Waals surface area contributed by atoms with Crippen LogP contribution in [-0.4, -0.2) is 19.9 Å². The lowest BCUT2D eigenvalue weighted by Crippen LogP contribution is -2.22. The number of hydrogen-bond acceptors (Lipinski definition) is 3. The van der Waals surface area contributed by atoms with Crippen molar-refractivity contribution < 1.29 is 5.11 Å². The molecule has 0 spiro atoms. The Kier molecular flexibility index (Phi) is 3.02. The van der Waals surface area contributed by atoms with E-state index in [2.05, 4.69) is 31.0 Å². The number of nitrogens with zero attached hydrogens (tertiary/aromatic N) is 2. The van der Waals surface area contributed by atoms with E-state index in [1.165, 1.54) is 0 Å². The van der Waals surface area contributed by atoms with Crippen LogP contribution in [0, 0.1) is 11.7 Å². The van der Waals surface area contributed by atoms with E-state index in [0.29, 0.717) is 4.77 Å². The molecular weight excluding hydrogens is 246 g/mol. The predicted molar refractivity (Wildman–Crippen MR) is 74.2 cm³/mol. The summed E-state index contributed by atoms with van der Waals surface area (Å²) in [5.41, 5.74) is 1.61. The highest BCUT2D eigenvalue weighted by Gasteiger charge is 2.20. The van der Waals surface area contributed by atoms with Crippen molar-refractivity contribution in [1.82, 2.24) is 14.8 Å². The summed E-state index contributed by atoms with van der Waals surface area (Å²) in [4.78, 5) is 0. The van der Waals surface area contributed by atoms with Gasteiger partial charge in [-0.3, -0.25) is 9.67 Å². The minimum atomic E-state index is -0.148. The quantitative estimate of drug-likeness (QED) is 0.775. The number of aromatic amines is 1. The third kappa shape index (κ3) is 2.18. The number of phenols is 1. The van der Waals surface area contributed by atoms with E-state index in [0.717, 1.165) is 17.0 Å². The average Bonchev–Trinajstić information content (AvgIpc) is 2.64. The van der Waals surface area contributed by atoms with E-state index in [1.54, 1.807) is 6.07 Å². The Balaban J connectivity index is 2.65. The molecule has 18 heavy (non-hydrogen) atoms. The molecule has 0 aliphatic rings. The van der Waals surface area contributed by atoms with Gasteiger partial charge in [-0.15, -0.1) is 0 Å². The van der Waals surface area contributed by atoms with E-state index in [9.17, 15) is 5.11 Å². The molecule has 0 radical (unpaired) electrons. The molecule has 5 heteroatoms. The number of benzene rings is 1. The highest BCUT2D eigenvalue weighted by molar-refractivity contribution is 7.71. The molecule has 2 N–H and O–H groups in total. The van der Waals surface area contributed by atoms with Crippen LogP contribution in [0.2, 0.25) is 0 Å². The van der Waals surface area contributed by atoms with Gasteiger partial charge < -0.3 is 5.11 Å². The third-order valence-electron chi connectivity index (χ3n) is 2.80. The summed E-state index contributed by atoms with van der Waals surface area (Å²) in [7, 11) is 0. The van der Waals surface area contributed by atoms with Gasteiger partial charge in [0.2, 0.25) is 0 Å². The van der Waals surface area contributed by atoms with Crippen molar-refractivity contribution in [2.24, 2.45) is 0 Å². The van der Waals surface area contributed by atoms with Crippen LogP contribution in [0.5, 0.6) is 5.75 Å². The fourth-order valence-electron chi connectivity index (χ4n) is 1.91. The van der Waals surface area contributed by atoms with Crippen LogP contribution in [0.1, 0.15) is 26.3 Å². The van der Waals surface area contributed by atoms with Crippen LogP contribution in [0.15, 0.2) is 18.2 Å². The zero-order chi connectivity index (χ0) is 13.5. The molecule has 1 aromatic carbocycles. The van der Waals surface area contributed by atoms with Crippen LogP contribution >= 0.6 is 12.2 Å². The van der Waals surface area contributed by atoms with Crippen LogP contribution in [0.4, 0.5) is 0 Å². The molecule has 0 fully saturated rings. The third-order valence-corrected chi connectivity index (χ3v) is 3.07. The lowest BCUT2D eigenvalue weighted by atomic mass is 10.1. The van der Waals surface area contributed by atoms with Gasteiger partial charge in [-0.25, -0.2) is 0 Å². The summed E-state index contributed by atoms with van der Waals surface area (Å²) in [5, 5.41) is 16.7. The maximum absolute atomic E-state index is 9.57. The molecule has 2 aromatic rings. The summed E-state index contributed by atoms with van der Waals surface area (Å²) in [6.45, 7) is 8.10. The fourth-order valence-corrected chi connectivity index (χ4v) is 2.31. The van der Waals surface area contributed by atoms with Crippen LogP contribution in [0.25, 0.3) is 11.4 Å². The van der Waals surface area contributed by atoms with Crippen molar-refractivity contribution in [2.75, 3.05) is 0 Å². The molecule has 2 rings (SSSR count). The highest BCUT2D eigenvalue weighted by Crippen LogP contribution is 2.27. The second kappa shape index (κ2) is 4.24. The molecule has 4 nitrogen and oxygen atoms in total. The van der Waals surface area contributed by atoms with E-state index >= 15 is 0 Å². The largest absolute Gasteiger partial charge is 0.508 e. The van der Waals surface area contributed by atoms with Gasteiger partial charge in [-0.1, -0.05) is 0 Å². The molecule has 0 aliphatic heterocycles. The lowest BCUT2D eigenvalue weighted by Gasteiger charge is -2.22. The normalized spacial score (nSPS) is 11.8. The van der Waals surface area contributed by atoms with Gasteiger partial charge in [0.15, 0.2) is 10.6 Å². The van der Waals surface area contributed by atoms with Gasteiger partial charge in [0.05, 0.1) is 0 Å². The monoisotopic (exact) mass is 263 g/mol. The molecule has 0 amide bonds. The second-order valence-electron chi connectivity index (χ2n) is 5.36. The minimum absolute atomic E-state index is 0.148. The van der Waals surface area contributed by atoms with E-state index in [1.807, 2.05) is 23.6 Å². The number of nitrogens with one attached hydrogen (secondary N) is 1. The Hall–Kier alpha value is -1.62.